The van der Waals surface area contributed by atoms with Crippen LogP contribution >= 0.6 is 0 Å². The van der Waals surface area contributed by atoms with Crippen LogP contribution in [0.2, 0.25) is 0 Å². The lowest BCUT2D eigenvalue weighted by molar-refractivity contribution is 0.0721. The molecule has 4 nitrogen and oxygen atoms in total. The second-order valence-electron chi connectivity index (χ2n) is 9.18. The van der Waals surface area contributed by atoms with Gasteiger partial charge in [-0.15, -0.1) is 0 Å². The van der Waals surface area contributed by atoms with Crippen LogP contribution in [-0.2, 0) is 0 Å². The number of aliphatic hydroxyl groups excluding tert-OH is 2. The van der Waals surface area contributed by atoms with Crippen molar-refractivity contribution in [2.45, 2.75) is 85.0 Å². The third-order valence-corrected chi connectivity index (χ3v) is 5.68. The molecule has 0 aliphatic carbocycles. The minimum absolute atomic E-state index is 0.237. The van der Waals surface area contributed by atoms with E-state index in [9.17, 15) is 15.3 Å². The zero-order valence-corrected chi connectivity index (χ0v) is 19.8. The molecule has 0 saturated carbocycles. The number of hydrogen-bond donors (Lipinski definition) is 3. The predicted octanol–water partition coefficient (Wildman–Crippen LogP) is 6.01. The molecule has 1 aromatic rings. The number of ether oxygens (including phenoxy) is 1. The Morgan fingerprint density at radius 1 is 1.10 bits per heavy atom. The van der Waals surface area contributed by atoms with E-state index in [1.807, 2.05) is 45.9 Å². The molecule has 0 fully saturated rings. The minimum Gasteiger partial charge on any atom is -0.508 e. The van der Waals surface area contributed by atoms with Crippen molar-refractivity contribution in [3.63, 3.8) is 0 Å². The van der Waals surface area contributed by atoms with E-state index in [-0.39, 0.29) is 5.75 Å². The average molecular weight is 427 g/mol. The van der Waals surface area contributed by atoms with Crippen molar-refractivity contribution in [2.24, 2.45) is 0 Å². The Morgan fingerprint density at radius 2 is 1.81 bits per heavy atom. The van der Waals surface area contributed by atoms with Gasteiger partial charge in [-0.05, 0) is 96.6 Å². The molecule has 31 heavy (non-hydrogen) atoms. The van der Waals surface area contributed by atoms with Gasteiger partial charge in [-0.2, -0.15) is 0 Å². The fraction of sp³-hybridized carbons (Fsp3) is 0.481. The molecule has 1 aliphatic rings. The first-order valence-electron chi connectivity index (χ1n) is 11.1. The Bertz CT molecular complexity index is 887. The van der Waals surface area contributed by atoms with Crippen molar-refractivity contribution >= 4 is 6.08 Å². The van der Waals surface area contributed by atoms with Gasteiger partial charge in [0.1, 0.15) is 29.3 Å². The first-order valence-corrected chi connectivity index (χ1v) is 11.1. The van der Waals surface area contributed by atoms with E-state index in [4.69, 9.17) is 4.74 Å². The van der Waals surface area contributed by atoms with Crippen LogP contribution in [0.25, 0.3) is 6.08 Å². The quantitative estimate of drug-likeness (QED) is 0.423. The molecule has 3 N–H and O–H groups in total. The van der Waals surface area contributed by atoms with Crippen molar-refractivity contribution in [1.29, 1.82) is 0 Å². The van der Waals surface area contributed by atoms with Crippen LogP contribution in [0.3, 0.4) is 0 Å². The van der Waals surface area contributed by atoms with E-state index in [1.54, 1.807) is 18.2 Å². The van der Waals surface area contributed by atoms with Gasteiger partial charge < -0.3 is 20.1 Å². The summed E-state index contributed by atoms with van der Waals surface area (Å²) in [5.74, 6) is 1.04. The molecule has 1 aromatic carbocycles. The van der Waals surface area contributed by atoms with E-state index >= 15 is 0 Å². The number of aryl methyl sites for hydroxylation is 1. The molecule has 0 radical (unpaired) electrons. The smallest absolute Gasteiger partial charge is 0.131 e. The summed E-state index contributed by atoms with van der Waals surface area (Å²) in [6, 6.07) is 3.41. The largest absolute Gasteiger partial charge is 0.508 e. The lowest BCUT2D eigenvalue weighted by atomic mass is 9.93. The molecule has 0 aromatic heterocycles. The van der Waals surface area contributed by atoms with Crippen LogP contribution in [0.4, 0.5) is 0 Å². The SMILES string of the molecule is CC(C)=CCC/C(C)=C/[C@@H](O)[C@H](O)/C(C)=C/CC[C@]1(C)C=Cc2cc(O)cc(C)c2O1. The lowest BCUT2D eigenvalue weighted by Crippen LogP contribution is -2.32. The Balaban J connectivity index is 1.94. The molecular weight excluding hydrogens is 388 g/mol. The predicted molar refractivity (Wildman–Crippen MR) is 128 cm³/mol. The summed E-state index contributed by atoms with van der Waals surface area (Å²) in [7, 11) is 0. The summed E-state index contributed by atoms with van der Waals surface area (Å²) in [4.78, 5) is 0. The van der Waals surface area contributed by atoms with Gasteiger partial charge in [-0.25, -0.2) is 0 Å². The molecule has 3 atom stereocenters. The summed E-state index contributed by atoms with van der Waals surface area (Å²) in [5, 5.41) is 30.7. The fourth-order valence-electron chi connectivity index (χ4n) is 3.74. The summed E-state index contributed by atoms with van der Waals surface area (Å²) in [6.07, 6.45) is 11.3. The molecule has 2 rings (SSSR count). The van der Waals surface area contributed by atoms with Crippen LogP contribution in [0.15, 0.2) is 53.2 Å². The van der Waals surface area contributed by atoms with E-state index < -0.39 is 17.8 Å². The van der Waals surface area contributed by atoms with Crippen molar-refractivity contribution in [3.05, 3.63) is 64.3 Å². The van der Waals surface area contributed by atoms with Gasteiger partial charge >= 0.3 is 0 Å². The highest BCUT2D eigenvalue weighted by Crippen LogP contribution is 2.38. The fourth-order valence-corrected chi connectivity index (χ4v) is 3.74. The van der Waals surface area contributed by atoms with Gasteiger partial charge in [0, 0.05) is 5.56 Å². The Labute approximate surface area is 187 Å². The average Bonchev–Trinajstić information content (AvgIpc) is 2.67. The van der Waals surface area contributed by atoms with E-state index in [0.717, 1.165) is 47.3 Å². The standard InChI is InChI=1S/C27H38O4/c1-18(2)9-7-10-19(3)15-24(29)25(30)20(4)11-8-13-27(6)14-12-22-17-23(28)16-21(5)26(22)31-27/h9,11-12,14-17,24-25,28-30H,7-8,10,13H2,1-6H3/b19-15+,20-11+/t24-,25-,27-/m1/s1. The van der Waals surface area contributed by atoms with Gasteiger partial charge in [-0.1, -0.05) is 35.5 Å². The number of allylic oxidation sites excluding steroid dienone is 4. The van der Waals surface area contributed by atoms with E-state index in [0.29, 0.717) is 6.42 Å². The maximum absolute atomic E-state index is 10.5. The normalized spacial score (nSPS) is 20.6. The highest BCUT2D eigenvalue weighted by molar-refractivity contribution is 5.65. The third-order valence-electron chi connectivity index (χ3n) is 5.68. The molecule has 170 valence electrons. The highest BCUT2D eigenvalue weighted by Gasteiger charge is 2.28. The number of hydrogen-bond acceptors (Lipinski definition) is 4. The first-order chi connectivity index (χ1) is 14.5. The summed E-state index contributed by atoms with van der Waals surface area (Å²) < 4.78 is 6.25. The number of fused-ring (bicyclic) bond motifs is 1. The van der Waals surface area contributed by atoms with Crippen molar-refractivity contribution in [1.82, 2.24) is 0 Å². The molecule has 0 spiro atoms. The first kappa shape index (κ1) is 25.0. The number of aliphatic hydroxyl groups is 2. The van der Waals surface area contributed by atoms with Gasteiger partial charge in [0.05, 0.1) is 0 Å². The molecule has 1 aliphatic heterocycles. The van der Waals surface area contributed by atoms with Crippen LogP contribution in [0.1, 0.15) is 71.4 Å². The zero-order chi connectivity index (χ0) is 23.2. The van der Waals surface area contributed by atoms with Crippen LogP contribution in [0.5, 0.6) is 11.5 Å². The number of phenols is 1. The summed E-state index contributed by atoms with van der Waals surface area (Å²) >= 11 is 0. The molecule has 0 amide bonds. The Morgan fingerprint density at radius 3 is 2.48 bits per heavy atom. The summed E-state index contributed by atoms with van der Waals surface area (Å²) in [5.41, 5.74) is 4.44. The lowest BCUT2D eigenvalue weighted by Gasteiger charge is -2.32. The van der Waals surface area contributed by atoms with Crippen LogP contribution < -0.4 is 4.74 Å². The van der Waals surface area contributed by atoms with E-state index in [2.05, 4.69) is 19.9 Å². The second kappa shape index (κ2) is 10.8. The molecule has 1 heterocycles. The van der Waals surface area contributed by atoms with Gasteiger partial charge in [0.15, 0.2) is 0 Å². The van der Waals surface area contributed by atoms with Crippen LogP contribution in [0, 0.1) is 6.92 Å². The third kappa shape index (κ3) is 7.41. The molecule has 0 bridgehead atoms. The van der Waals surface area contributed by atoms with E-state index in [1.165, 1.54) is 5.57 Å². The van der Waals surface area contributed by atoms with Crippen LogP contribution in [-0.4, -0.2) is 33.1 Å². The minimum atomic E-state index is -0.917. The molecule has 4 heteroatoms. The molecule has 0 unspecified atom stereocenters. The Kier molecular flexibility index (Phi) is 8.72. The second-order valence-corrected chi connectivity index (χ2v) is 9.18. The van der Waals surface area contributed by atoms with Gasteiger partial charge in [0.2, 0.25) is 0 Å². The van der Waals surface area contributed by atoms with Crippen molar-refractivity contribution < 1.29 is 20.1 Å². The van der Waals surface area contributed by atoms with Crippen molar-refractivity contribution in [2.75, 3.05) is 0 Å². The molecular formula is C27H38O4. The topological polar surface area (TPSA) is 69.9 Å². The zero-order valence-electron chi connectivity index (χ0n) is 19.8. The Hall–Kier alpha value is -2.30. The summed E-state index contributed by atoms with van der Waals surface area (Å²) in [6.45, 7) is 11.9. The maximum Gasteiger partial charge on any atom is 0.131 e. The maximum atomic E-state index is 10.5. The van der Waals surface area contributed by atoms with Gasteiger partial charge in [-0.3, -0.25) is 0 Å². The monoisotopic (exact) mass is 426 g/mol. The number of phenolic OH excluding ortho intramolecular Hbond substituents is 1. The number of benzene rings is 1. The van der Waals surface area contributed by atoms with Crippen molar-refractivity contribution in [3.8, 4) is 11.5 Å². The number of rotatable bonds is 9. The molecule has 0 saturated heterocycles. The number of aromatic hydroxyl groups is 1. The highest BCUT2D eigenvalue weighted by atomic mass is 16.5. The van der Waals surface area contributed by atoms with Gasteiger partial charge in [0.25, 0.3) is 0 Å².